The van der Waals surface area contributed by atoms with Crippen molar-refractivity contribution >= 4 is 11.7 Å². The molecule has 0 radical (unpaired) electrons. The van der Waals surface area contributed by atoms with Gasteiger partial charge in [-0.05, 0) is 42.0 Å². The van der Waals surface area contributed by atoms with Crippen LogP contribution in [0.2, 0.25) is 0 Å². The number of hydrogen-bond acceptors (Lipinski definition) is 5. The Balaban J connectivity index is 1.27. The van der Waals surface area contributed by atoms with Gasteiger partial charge < -0.3 is 14.4 Å². The van der Waals surface area contributed by atoms with Gasteiger partial charge in [0.1, 0.15) is 19.0 Å². The molecule has 1 fully saturated rings. The van der Waals surface area contributed by atoms with E-state index >= 15 is 0 Å². The van der Waals surface area contributed by atoms with E-state index in [0.717, 1.165) is 5.56 Å². The summed E-state index contributed by atoms with van der Waals surface area (Å²) in [6, 6.07) is 11.2. The highest BCUT2D eigenvalue weighted by Gasteiger charge is 2.23. The number of halogens is 1. The Morgan fingerprint density at radius 2 is 1.59 bits per heavy atom. The lowest BCUT2D eigenvalue weighted by molar-refractivity contribution is -0.132. The van der Waals surface area contributed by atoms with Gasteiger partial charge in [0.15, 0.2) is 17.3 Å². The average Bonchev–Trinajstić information content (AvgIpc) is 2.74. The minimum Gasteiger partial charge on any atom is -0.486 e. The molecule has 7 heteroatoms. The van der Waals surface area contributed by atoms with Crippen molar-refractivity contribution in [3.8, 4) is 11.5 Å². The summed E-state index contributed by atoms with van der Waals surface area (Å²) in [7, 11) is 0. The van der Waals surface area contributed by atoms with Crippen molar-refractivity contribution in [3.63, 3.8) is 0 Å². The second kappa shape index (κ2) is 8.61. The van der Waals surface area contributed by atoms with Crippen LogP contribution < -0.4 is 9.47 Å². The summed E-state index contributed by atoms with van der Waals surface area (Å²) in [5.41, 5.74) is 1.40. The van der Waals surface area contributed by atoms with Gasteiger partial charge in [-0.25, -0.2) is 4.39 Å². The molecule has 1 amide bonds. The molecule has 6 nitrogen and oxygen atoms in total. The molecule has 0 unspecified atom stereocenters. The summed E-state index contributed by atoms with van der Waals surface area (Å²) >= 11 is 0. The molecule has 0 atom stereocenters. The first-order valence-corrected chi connectivity index (χ1v) is 9.76. The third kappa shape index (κ3) is 4.74. The fourth-order valence-electron chi connectivity index (χ4n) is 3.57. The van der Waals surface area contributed by atoms with Gasteiger partial charge in [-0.15, -0.1) is 0 Å². The highest BCUT2D eigenvalue weighted by molar-refractivity contribution is 5.97. The molecule has 2 aliphatic heterocycles. The number of piperazine rings is 1. The number of nitrogens with zero attached hydrogens (tertiary/aromatic N) is 2. The van der Waals surface area contributed by atoms with Crippen LogP contribution in [0.1, 0.15) is 15.9 Å². The molecule has 4 rings (SSSR count). The number of benzene rings is 2. The van der Waals surface area contributed by atoms with Crippen molar-refractivity contribution in [1.82, 2.24) is 9.80 Å². The zero-order valence-electron chi connectivity index (χ0n) is 16.1. The quantitative estimate of drug-likeness (QED) is 0.723. The topological polar surface area (TPSA) is 59.1 Å². The number of carbonyl (C=O) groups is 2. The lowest BCUT2D eigenvalue weighted by atomic mass is 10.1. The Hall–Kier alpha value is -2.93. The molecule has 2 aliphatic rings. The molecule has 0 N–H and O–H groups in total. The van der Waals surface area contributed by atoms with Crippen molar-refractivity contribution in [2.24, 2.45) is 0 Å². The molecule has 2 heterocycles. The van der Waals surface area contributed by atoms with Crippen LogP contribution >= 0.6 is 0 Å². The van der Waals surface area contributed by atoms with E-state index in [-0.39, 0.29) is 24.1 Å². The third-order valence-corrected chi connectivity index (χ3v) is 5.22. The maximum atomic E-state index is 13.0. The maximum Gasteiger partial charge on any atom is 0.227 e. The number of amides is 1. The summed E-state index contributed by atoms with van der Waals surface area (Å²) in [4.78, 5) is 28.8. The standard InChI is InChI=1S/C22H23FN2O4/c23-18-4-2-17(3-5-18)19(26)15-24-7-9-25(10-8-24)22(27)14-16-1-6-20-21(13-16)29-12-11-28-20/h1-6,13H,7-12,14-15H2. The van der Waals surface area contributed by atoms with E-state index in [2.05, 4.69) is 0 Å². The minimum atomic E-state index is -0.355. The maximum absolute atomic E-state index is 13.0. The van der Waals surface area contributed by atoms with Gasteiger partial charge in [-0.3, -0.25) is 14.5 Å². The minimum absolute atomic E-state index is 0.0407. The van der Waals surface area contributed by atoms with Crippen LogP contribution in [0, 0.1) is 5.82 Å². The molecular weight excluding hydrogens is 375 g/mol. The van der Waals surface area contributed by atoms with E-state index in [1.807, 2.05) is 28.0 Å². The lowest BCUT2D eigenvalue weighted by Crippen LogP contribution is -2.50. The Morgan fingerprint density at radius 3 is 2.31 bits per heavy atom. The number of ketones is 1. The number of hydrogen-bond donors (Lipinski definition) is 0. The summed E-state index contributed by atoms with van der Waals surface area (Å²) in [5, 5.41) is 0. The predicted octanol–water partition coefficient (Wildman–Crippen LogP) is 2.17. The van der Waals surface area contributed by atoms with Gasteiger partial charge in [0, 0.05) is 31.7 Å². The van der Waals surface area contributed by atoms with Gasteiger partial charge in [-0.1, -0.05) is 6.07 Å². The van der Waals surface area contributed by atoms with Crippen LogP contribution in [-0.4, -0.2) is 67.4 Å². The molecule has 0 spiro atoms. The highest BCUT2D eigenvalue weighted by atomic mass is 19.1. The van der Waals surface area contributed by atoms with E-state index in [1.54, 1.807) is 0 Å². The molecule has 0 aliphatic carbocycles. The fourth-order valence-corrected chi connectivity index (χ4v) is 3.57. The van der Waals surface area contributed by atoms with E-state index < -0.39 is 0 Å². The predicted molar refractivity (Wildman–Crippen MR) is 105 cm³/mol. The second-order valence-corrected chi connectivity index (χ2v) is 7.24. The molecule has 2 aromatic rings. The third-order valence-electron chi connectivity index (χ3n) is 5.22. The van der Waals surface area contributed by atoms with Crippen molar-refractivity contribution in [3.05, 3.63) is 59.4 Å². The summed E-state index contributed by atoms with van der Waals surface area (Å²) in [6.45, 7) is 3.78. The van der Waals surface area contributed by atoms with Crippen LogP contribution in [-0.2, 0) is 11.2 Å². The normalized spacial score (nSPS) is 16.5. The molecule has 0 saturated carbocycles. The van der Waals surface area contributed by atoms with Crippen molar-refractivity contribution < 1.29 is 23.5 Å². The van der Waals surface area contributed by atoms with Gasteiger partial charge in [0.05, 0.1) is 13.0 Å². The zero-order valence-corrected chi connectivity index (χ0v) is 16.1. The molecule has 1 saturated heterocycles. The SMILES string of the molecule is O=C(CN1CCN(C(=O)Cc2ccc3c(c2)OCCO3)CC1)c1ccc(F)cc1. The van der Waals surface area contributed by atoms with Crippen molar-refractivity contribution in [1.29, 1.82) is 0 Å². The summed E-state index contributed by atoms with van der Waals surface area (Å²) in [6.07, 6.45) is 0.311. The van der Waals surface area contributed by atoms with Crippen molar-refractivity contribution in [2.45, 2.75) is 6.42 Å². The van der Waals surface area contributed by atoms with Gasteiger partial charge in [0.2, 0.25) is 5.91 Å². The Labute approximate surface area is 168 Å². The fraction of sp³-hybridized carbons (Fsp3) is 0.364. The van der Waals surface area contributed by atoms with Crippen LogP contribution in [0.15, 0.2) is 42.5 Å². The summed E-state index contributed by atoms with van der Waals surface area (Å²) < 4.78 is 24.1. The van der Waals surface area contributed by atoms with E-state index in [1.165, 1.54) is 24.3 Å². The number of carbonyl (C=O) groups excluding carboxylic acids is 2. The number of fused-ring (bicyclic) bond motifs is 1. The van der Waals surface area contributed by atoms with Crippen molar-refractivity contribution in [2.75, 3.05) is 45.9 Å². The summed E-state index contributed by atoms with van der Waals surface area (Å²) in [5.74, 6) is 1.07. The van der Waals surface area contributed by atoms with Crippen LogP contribution in [0.4, 0.5) is 4.39 Å². The molecule has 2 aromatic carbocycles. The highest BCUT2D eigenvalue weighted by Crippen LogP contribution is 2.31. The van der Waals surface area contributed by atoms with Crippen LogP contribution in [0.3, 0.4) is 0 Å². The average molecular weight is 398 g/mol. The van der Waals surface area contributed by atoms with Gasteiger partial charge in [0.25, 0.3) is 0 Å². The Kier molecular flexibility index (Phi) is 5.76. The van der Waals surface area contributed by atoms with Gasteiger partial charge in [-0.2, -0.15) is 0 Å². The smallest absolute Gasteiger partial charge is 0.227 e. The Morgan fingerprint density at radius 1 is 0.897 bits per heavy atom. The molecule has 29 heavy (non-hydrogen) atoms. The lowest BCUT2D eigenvalue weighted by Gasteiger charge is -2.34. The first kappa shape index (κ1) is 19.4. The van der Waals surface area contributed by atoms with E-state index in [0.29, 0.717) is 62.9 Å². The Bertz CT molecular complexity index is 892. The largest absolute Gasteiger partial charge is 0.486 e. The number of rotatable bonds is 5. The van der Waals surface area contributed by atoms with E-state index in [4.69, 9.17) is 9.47 Å². The van der Waals surface area contributed by atoms with Crippen LogP contribution in [0.25, 0.3) is 0 Å². The zero-order chi connectivity index (χ0) is 20.2. The molecular formula is C22H23FN2O4. The second-order valence-electron chi connectivity index (χ2n) is 7.24. The number of Topliss-reactive ketones (excluding diaryl/α,β-unsaturated/α-hetero) is 1. The first-order valence-electron chi connectivity index (χ1n) is 9.76. The monoisotopic (exact) mass is 398 g/mol. The number of ether oxygens (including phenoxy) is 2. The van der Waals surface area contributed by atoms with E-state index in [9.17, 15) is 14.0 Å². The molecule has 0 aromatic heterocycles. The van der Waals surface area contributed by atoms with Gasteiger partial charge >= 0.3 is 0 Å². The van der Waals surface area contributed by atoms with Crippen LogP contribution in [0.5, 0.6) is 11.5 Å². The first-order chi connectivity index (χ1) is 14.1. The molecule has 0 bridgehead atoms. The molecule has 152 valence electrons.